The topological polar surface area (TPSA) is 56.7 Å². The second-order valence-electron chi connectivity index (χ2n) is 4.83. The average molecular weight is 337 g/mol. The van der Waals surface area contributed by atoms with Crippen LogP contribution in [0, 0.1) is 0 Å². The van der Waals surface area contributed by atoms with E-state index < -0.39 is 0 Å². The van der Waals surface area contributed by atoms with Crippen molar-refractivity contribution in [3.8, 4) is 5.69 Å². The molecule has 2 aromatic rings. The molecule has 1 aromatic heterocycles. The summed E-state index contributed by atoms with van der Waals surface area (Å²) < 4.78 is 3.03. The van der Waals surface area contributed by atoms with E-state index in [0.717, 1.165) is 40.8 Å². The first-order chi connectivity index (χ1) is 9.62. The Labute approximate surface area is 128 Å². The van der Waals surface area contributed by atoms with E-state index in [4.69, 9.17) is 5.73 Å². The Morgan fingerprint density at radius 1 is 1.25 bits per heavy atom. The molecule has 1 aromatic carbocycles. The lowest BCUT2D eigenvalue weighted by atomic mass is 10.1. The van der Waals surface area contributed by atoms with Gasteiger partial charge in [-0.25, -0.2) is 4.68 Å². The molecule has 0 aliphatic rings. The van der Waals surface area contributed by atoms with E-state index >= 15 is 0 Å². The Bertz CT molecular complexity index is 592. The van der Waals surface area contributed by atoms with Crippen LogP contribution in [-0.2, 0) is 12.8 Å². The van der Waals surface area contributed by atoms with Crippen LogP contribution in [0.4, 0.5) is 0 Å². The van der Waals surface area contributed by atoms with Crippen LogP contribution in [0.3, 0.4) is 0 Å². The zero-order valence-electron chi connectivity index (χ0n) is 12.2. The van der Waals surface area contributed by atoms with Gasteiger partial charge in [0.2, 0.25) is 0 Å². The van der Waals surface area contributed by atoms with E-state index in [-0.39, 0.29) is 6.04 Å². The molecule has 0 fully saturated rings. The normalized spacial score (nSPS) is 12.7. The van der Waals surface area contributed by atoms with Crippen LogP contribution in [0.2, 0.25) is 0 Å². The van der Waals surface area contributed by atoms with Gasteiger partial charge in [-0.15, -0.1) is 5.10 Å². The summed E-state index contributed by atoms with van der Waals surface area (Å²) in [4.78, 5) is 0. The molecule has 108 valence electrons. The third kappa shape index (κ3) is 2.79. The number of rotatable bonds is 5. The van der Waals surface area contributed by atoms with Crippen LogP contribution in [-0.4, -0.2) is 15.0 Å². The first-order valence-corrected chi connectivity index (χ1v) is 7.90. The molecule has 0 radical (unpaired) electrons. The van der Waals surface area contributed by atoms with E-state index in [9.17, 15) is 0 Å². The fourth-order valence-electron chi connectivity index (χ4n) is 2.36. The minimum absolute atomic E-state index is 0.0424. The van der Waals surface area contributed by atoms with Gasteiger partial charge in [-0.05, 0) is 43.0 Å². The molecule has 0 bridgehead atoms. The van der Waals surface area contributed by atoms with Gasteiger partial charge in [0.15, 0.2) is 0 Å². The van der Waals surface area contributed by atoms with Crippen molar-refractivity contribution in [1.82, 2.24) is 15.0 Å². The molecule has 2 N–H and O–H groups in total. The first-order valence-electron chi connectivity index (χ1n) is 7.11. The van der Waals surface area contributed by atoms with Crippen LogP contribution < -0.4 is 5.73 Å². The van der Waals surface area contributed by atoms with Crippen molar-refractivity contribution >= 4 is 15.9 Å². The van der Waals surface area contributed by atoms with Crippen LogP contribution in [0.5, 0.6) is 0 Å². The monoisotopic (exact) mass is 336 g/mol. The van der Waals surface area contributed by atoms with Gasteiger partial charge >= 0.3 is 0 Å². The van der Waals surface area contributed by atoms with Crippen molar-refractivity contribution < 1.29 is 0 Å². The van der Waals surface area contributed by atoms with Gasteiger partial charge in [0.1, 0.15) is 5.69 Å². The van der Waals surface area contributed by atoms with Crippen molar-refractivity contribution in [2.45, 2.75) is 46.1 Å². The molecule has 0 spiro atoms. The third-order valence-corrected chi connectivity index (χ3v) is 4.06. The Morgan fingerprint density at radius 2 is 2.00 bits per heavy atom. The van der Waals surface area contributed by atoms with Gasteiger partial charge in [0, 0.05) is 4.47 Å². The molecule has 0 aliphatic carbocycles. The SMILES string of the molecule is CCc1cc(Br)ccc1-n1nnc(C(N)CC)c1CC. The Hall–Kier alpha value is -1.20. The van der Waals surface area contributed by atoms with Gasteiger partial charge < -0.3 is 5.73 Å². The second kappa shape index (κ2) is 6.50. The van der Waals surface area contributed by atoms with Crippen molar-refractivity contribution in [1.29, 1.82) is 0 Å². The summed E-state index contributed by atoms with van der Waals surface area (Å²) >= 11 is 3.52. The smallest absolute Gasteiger partial charge is 0.103 e. The molecule has 0 saturated heterocycles. The Balaban J connectivity index is 2.56. The maximum atomic E-state index is 6.13. The molecular formula is C15H21BrN4. The minimum atomic E-state index is -0.0424. The lowest BCUT2D eigenvalue weighted by Crippen LogP contribution is -2.13. The van der Waals surface area contributed by atoms with Gasteiger partial charge in [-0.1, -0.05) is 41.9 Å². The number of nitrogens with zero attached hydrogens (tertiary/aromatic N) is 3. The van der Waals surface area contributed by atoms with Gasteiger partial charge in [-0.2, -0.15) is 0 Å². The largest absolute Gasteiger partial charge is 0.323 e. The van der Waals surface area contributed by atoms with E-state index in [1.165, 1.54) is 5.56 Å². The highest BCUT2D eigenvalue weighted by molar-refractivity contribution is 9.10. The zero-order chi connectivity index (χ0) is 14.7. The van der Waals surface area contributed by atoms with Crippen molar-refractivity contribution in [2.75, 3.05) is 0 Å². The maximum absolute atomic E-state index is 6.13. The summed E-state index contributed by atoms with van der Waals surface area (Å²) in [6.45, 7) is 6.33. The van der Waals surface area contributed by atoms with Crippen molar-refractivity contribution in [2.24, 2.45) is 5.73 Å². The number of hydrogen-bond acceptors (Lipinski definition) is 3. The molecule has 1 heterocycles. The lowest BCUT2D eigenvalue weighted by molar-refractivity contribution is 0.665. The Kier molecular flexibility index (Phi) is 4.94. The van der Waals surface area contributed by atoms with E-state index in [2.05, 4.69) is 59.1 Å². The summed E-state index contributed by atoms with van der Waals surface area (Å²) in [5.74, 6) is 0. The standard InChI is InChI=1S/C15H21BrN4/c1-4-10-9-11(16)7-8-14(10)20-13(6-3)15(18-19-20)12(17)5-2/h7-9,12H,4-6,17H2,1-3H3. The quantitative estimate of drug-likeness (QED) is 0.907. The lowest BCUT2D eigenvalue weighted by Gasteiger charge is -2.12. The minimum Gasteiger partial charge on any atom is -0.323 e. The van der Waals surface area contributed by atoms with E-state index in [1.54, 1.807) is 0 Å². The summed E-state index contributed by atoms with van der Waals surface area (Å²) in [6.07, 6.45) is 2.69. The summed E-state index contributed by atoms with van der Waals surface area (Å²) in [6, 6.07) is 6.21. The van der Waals surface area contributed by atoms with E-state index in [0.29, 0.717) is 0 Å². The maximum Gasteiger partial charge on any atom is 0.103 e. The number of aryl methyl sites for hydroxylation is 1. The highest BCUT2D eigenvalue weighted by atomic mass is 79.9. The molecule has 1 atom stereocenters. The average Bonchev–Trinajstić information content (AvgIpc) is 2.89. The highest BCUT2D eigenvalue weighted by Gasteiger charge is 2.18. The second-order valence-corrected chi connectivity index (χ2v) is 5.74. The predicted molar refractivity (Wildman–Crippen MR) is 85.0 cm³/mol. The third-order valence-electron chi connectivity index (χ3n) is 3.57. The predicted octanol–water partition coefficient (Wildman–Crippen LogP) is 3.56. The van der Waals surface area contributed by atoms with E-state index in [1.807, 2.05) is 10.7 Å². The van der Waals surface area contributed by atoms with Gasteiger partial charge in [-0.3, -0.25) is 0 Å². The van der Waals surface area contributed by atoms with Crippen LogP contribution in [0.15, 0.2) is 22.7 Å². The number of aromatic nitrogens is 3. The number of nitrogens with two attached hydrogens (primary N) is 1. The first kappa shape index (κ1) is 15.2. The fraction of sp³-hybridized carbons (Fsp3) is 0.467. The zero-order valence-corrected chi connectivity index (χ0v) is 13.8. The molecule has 4 nitrogen and oxygen atoms in total. The van der Waals surface area contributed by atoms with Crippen molar-refractivity contribution in [3.05, 3.63) is 39.6 Å². The van der Waals surface area contributed by atoms with Crippen LogP contribution >= 0.6 is 15.9 Å². The summed E-state index contributed by atoms with van der Waals surface area (Å²) in [7, 11) is 0. The number of hydrogen-bond donors (Lipinski definition) is 1. The highest BCUT2D eigenvalue weighted by Crippen LogP contribution is 2.24. The number of benzene rings is 1. The Morgan fingerprint density at radius 3 is 2.60 bits per heavy atom. The summed E-state index contributed by atoms with van der Waals surface area (Å²) in [5, 5.41) is 8.64. The number of halogens is 1. The van der Waals surface area contributed by atoms with Gasteiger partial charge in [0.05, 0.1) is 17.4 Å². The van der Waals surface area contributed by atoms with Crippen LogP contribution in [0.1, 0.15) is 50.2 Å². The molecule has 0 aliphatic heterocycles. The van der Waals surface area contributed by atoms with Crippen LogP contribution in [0.25, 0.3) is 5.69 Å². The molecular weight excluding hydrogens is 316 g/mol. The molecule has 0 amide bonds. The van der Waals surface area contributed by atoms with Gasteiger partial charge in [0.25, 0.3) is 0 Å². The molecule has 0 saturated carbocycles. The molecule has 20 heavy (non-hydrogen) atoms. The fourth-order valence-corrected chi connectivity index (χ4v) is 2.77. The molecule has 2 rings (SSSR count). The summed E-state index contributed by atoms with van der Waals surface area (Å²) in [5.41, 5.74) is 10.5. The molecule has 5 heteroatoms. The van der Waals surface area contributed by atoms with Crippen molar-refractivity contribution in [3.63, 3.8) is 0 Å². The molecule has 1 unspecified atom stereocenters.